The maximum Gasteiger partial charge on any atom is 0.306 e. The Morgan fingerprint density at radius 2 is 1.62 bits per heavy atom. The molecule has 248 valence electrons. The van der Waals surface area contributed by atoms with E-state index in [0.29, 0.717) is 47.6 Å². The van der Waals surface area contributed by atoms with Crippen LogP contribution >= 0.6 is 11.6 Å². The predicted octanol–water partition coefficient (Wildman–Crippen LogP) is 8.47. The third-order valence-corrected chi connectivity index (χ3v) is 9.89. The number of nitrogens with zero attached hydrogens (tertiary/aromatic N) is 3. The van der Waals surface area contributed by atoms with Gasteiger partial charge in [0.15, 0.2) is 17.2 Å². The highest BCUT2D eigenvalue weighted by Gasteiger charge is 2.44. The Hall–Kier alpha value is -4.59. The lowest BCUT2D eigenvalue weighted by molar-refractivity contribution is -0.118. The largest absolute Gasteiger partial charge is 0.496 e. The van der Waals surface area contributed by atoms with Crippen molar-refractivity contribution in [3.05, 3.63) is 108 Å². The molecule has 0 bridgehead atoms. The van der Waals surface area contributed by atoms with Gasteiger partial charge in [-0.2, -0.15) is 0 Å². The van der Waals surface area contributed by atoms with Gasteiger partial charge in [-0.05, 0) is 82.6 Å². The van der Waals surface area contributed by atoms with Crippen molar-refractivity contribution in [2.75, 3.05) is 34.4 Å². The van der Waals surface area contributed by atoms with E-state index in [1.807, 2.05) is 30.4 Å². The van der Waals surface area contributed by atoms with Gasteiger partial charge in [0.25, 0.3) is 0 Å². The predicted molar refractivity (Wildman–Crippen MR) is 196 cm³/mol. The summed E-state index contributed by atoms with van der Waals surface area (Å²) in [5, 5.41) is 2.78. The molecule has 3 atom stereocenters. The number of carbonyl (C=O) groups is 1. The first kappa shape index (κ1) is 33.3. The molecule has 48 heavy (non-hydrogen) atoms. The minimum absolute atomic E-state index is 0.00481. The molecular weight excluding hydrogens is 622 g/mol. The van der Waals surface area contributed by atoms with Gasteiger partial charge in [-0.3, -0.25) is 4.99 Å². The fraction of sp³-hybridized carbons (Fsp3) is 0.300. The van der Waals surface area contributed by atoms with Crippen LogP contribution in [0.4, 0.5) is 5.69 Å². The normalized spacial score (nSPS) is 18.1. The molecule has 8 heteroatoms. The molecule has 2 heterocycles. The van der Waals surface area contributed by atoms with Crippen LogP contribution in [0.3, 0.4) is 0 Å². The minimum atomic E-state index is -0.233. The Morgan fingerprint density at radius 1 is 0.896 bits per heavy atom. The SMILES string of the molecule is COc1ccc(-c2ccc3ccccc3c2)cc1CC1C(C[N+](C=O)(CCC(C)C)c2ccc(OC)c(OC)c2Cl)N=C2C=CC=CN21. The summed E-state index contributed by atoms with van der Waals surface area (Å²) in [4.78, 5) is 20.9. The smallest absolute Gasteiger partial charge is 0.306 e. The van der Waals surface area contributed by atoms with E-state index < -0.39 is 0 Å². The van der Waals surface area contributed by atoms with Crippen LogP contribution in [-0.2, 0) is 11.2 Å². The third-order valence-electron chi connectivity index (χ3n) is 9.52. The van der Waals surface area contributed by atoms with Crippen molar-refractivity contribution in [3.8, 4) is 28.4 Å². The number of allylic oxidation sites excluding steroid dienone is 2. The molecule has 7 nitrogen and oxygen atoms in total. The third kappa shape index (κ3) is 6.45. The Labute approximate surface area is 288 Å². The monoisotopic (exact) mass is 664 g/mol. The Morgan fingerprint density at radius 3 is 2.35 bits per heavy atom. The van der Waals surface area contributed by atoms with Crippen molar-refractivity contribution in [1.82, 2.24) is 9.38 Å². The number of ether oxygens (including phenoxy) is 3. The van der Waals surface area contributed by atoms with E-state index in [-0.39, 0.29) is 16.6 Å². The molecule has 0 fully saturated rings. The van der Waals surface area contributed by atoms with Gasteiger partial charge in [-0.1, -0.05) is 74.0 Å². The molecule has 0 spiro atoms. The van der Waals surface area contributed by atoms with Crippen molar-refractivity contribution in [2.24, 2.45) is 10.9 Å². The van der Waals surface area contributed by atoms with Gasteiger partial charge in [0, 0.05) is 12.3 Å². The quantitative estimate of drug-likeness (QED) is 0.106. The molecule has 0 aliphatic carbocycles. The maximum absolute atomic E-state index is 13.4. The second kappa shape index (κ2) is 14.3. The second-order valence-electron chi connectivity index (χ2n) is 12.9. The van der Waals surface area contributed by atoms with Gasteiger partial charge in [-0.15, -0.1) is 0 Å². The number of benzene rings is 4. The van der Waals surface area contributed by atoms with E-state index in [1.165, 1.54) is 10.8 Å². The molecule has 4 aromatic carbocycles. The van der Waals surface area contributed by atoms with Gasteiger partial charge in [0.05, 0.1) is 33.9 Å². The number of methoxy groups -OCH3 is 3. The van der Waals surface area contributed by atoms with Gasteiger partial charge >= 0.3 is 6.41 Å². The highest BCUT2D eigenvalue weighted by atomic mass is 35.5. The summed E-state index contributed by atoms with van der Waals surface area (Å²) < 4.78 is 17.1. The Balaban J connectivity index is 1.40. The van der Waals surface area contributed by atoms with Crippen LogP contribution in [0.2, 0.25) is 5.02 Å². The minimum Gasteiger partial charge on any atom is -0.496 e. The zero-order chi connectivity index (χ0) is 33.8. The topological polar surface area (TPSA) is 60.4 Å². The number of halogens is 1. The van der Waals surface area contributed by atoms with Crippen molar-refractivity contribution < 1.29 is 19.0 Å². The van der Waals surface area contributed by atoms with Crippen molar-refractivity contribution in [2.45, 2.75) is 38.8 Å². The van der Waals surface area contributed by atoms with E-state index in [2.05, 4.69) is 85.6 Å². The molecule has 2 aliphatic rings. The number of fused-ring (bicyclic) bond motifs is 2. The second-order valence-corrected chi connectivity index (χ2v) is 13.3. The molecule has 0 radical (unpaired) electrons. The molecule has 3 unspecified atom stereocenters. The summed E-state index contributed by atoms with van der Waals surface area (Å²) in [5.41, 5.74) is 4.02. The Bertz CT molecular complexity index is 1900. The van der Waals surface area contributed by atoms with Crippen LogP contribution in [0.15, 0.2) is 102 Å². The molecule has 0 saturated heterocycles. The zero-order valence-electron chi connectivity index (χ0n) is 28.2. The van der Waals surface area contributed by atoms with E-state index in [9.17, 15) is 4.79 Å². The maximum atomic E-state index is 13.4. The van der Waals surface area contributed by atoms with Crippen LogP contribution < -0.4 is 18.7 Å². The Kier molecular flexibility index (Phi) is 9.90. The number of hydrogen-bond donors (Lipinski definition) is 0. The lowest BCUT2D eigenvalue weighted by atomic mass is 9.93. The first-order valence-corrected chi connectivity index (χ1v) is 16.8. The zero-order valence-corrected chi connectivity index (χ0v) is 29.0. The van der Waals surface area contributed by atoms with Gasteiger partial charge in [0.1, 0.15) is 29.2 Å². The highest BCUT2D eigenvalue weighted by Crippen LogP contribution is 2.45. The van der Waals surface area contributed by atoms with Gasteiger partial charge < -0.3 is 19.1 Å². The molecule has 4 aromatic rings. The van der Waals surface area contributed by atoms with Crippen LogP contribution in [0.25, 0.3) is 21.9 Å². The summed E-state index contributed by atoms with van der Waals surface area (Å²) >= 11 is 7.03. The fourth-order valence-electron chi connectivity index (χ4n) is 6.89. The molecule has 1 amide bonds. The number of aliphatic imine (C=N–C) groups is 1. The number of rotatable bonds is 13. The molecule has 0 N–H and O–H groups in total. The summed E-state index contributed by atoms with van der Waals surface area (Å²) in [6.07, 6.45) is 10.6. The summed E-state index contributed by atoms with van der Waals surface area (Å²) in [6, 6.07) is 24.8. The summed E-state index contributed by atoms with van der Waals surface area (Å²) in [6.45, 7) is 5.32. The van der Waals surface area contributed by atoms with Crippen molar-refractivity contribution >= 4 is 40.3 Å². The van der Waals surface area contributed by atoms with E-state index >= 15 is 0 Å². The number of carbonyl (C=O) groups excluding carboxylic acids is 1. The van der Waals surface area contributed by atoms with Crippen molar-refractivity contribution in [3.63, 3.8) is 0 Å². The molecule has 0 saturated carbocycles. The lowest BCUT2D eigenvalue weighted by Gasteiger charge is -2.37. The van der Waals surface area contributed by atoms with E-state index in [0.717, 1.165) is 41.1 Å². The van der Waals surface area contributed by atoms with Crippen LogP contribution in [0.5, 0.6) is 17.2 Å². The average molecular weight is 665 g/mol. The van der Waals surface area contributed by atoms with Crippen LogP contribution in [0.1, 0.15) is 25.8 Å². The molecular formula is C40H43ClN3O4+. The lowest BCUT2D eigenvalue weighted by Crippen LogP contribution is -2.56. The molecule has 6 rings (SSSR count). The van der Waals surface area contributed by atoms with E-state index in [1.54, 1.807) is 21.3 Å². The summed E-state index contributed by atoms with van der Waals surface area (Å²) in [5.74, 6) is 3.01. The van der Waals surface area contributed by atoms with Crippen molar-refractivity contribution in [1.29, 1.82) is 0 Å². The van der Waals surface area contributed by atoms with Gasteiger partial charge in [-0.25, -0.2) is 9.28 Å². The molecule has 0 aromatic heterocycles. The highest BCUT2D eigenvalue weighted by molar-refractivity contribution is 6.35. The van der Waals surface area contributed by atoms with Crippen LogP contribution in [-0.4, -0.2) is 63.6 Å². The summed E-state index contributed by atoms with van der Waals surface area (Å²) in [7, 11) is 4.85. The number of amides is 1. The molecule has 2 aliphatic heterocycles. The first-order chi connectivity index (χ1) is 23.3. The van der Waals surface area contributed by atoms with Gasteiger partial charge in [0.2, 0.25) is 0 Å². The average Bonchev–Trinajstić information content (AvgIpc) is 3.45. The fourth-order valence-corrected chi connectivity index (χ4v) is 7.30. The number of amidine groups is 1. The number of quaternary nitrogens is 1. The number of hydrogen-bond acceptors (Lipinski definition) is 6. The first-order valence-electron chi connectivity index (χ1n) is 16.4. The van der Waals surface area contributed by atoms with Crippen LogP contribution in [0, 0.1) is 5.92 Å². The standard InChI is InChI=1S/C40H43ClN3O4/c1-27(2)19-21-44(26-45,35-16-18-37(47-4)40(48-5)39(35)41)25-33-34(43-20-9-8-12-38(43)42-33)24-32-23-31(15-17-36(32)46-3)30-14-13-28-10-6-7-11-29(28)22-30/h6-18,20,22-23,26-27,33-34H,19,21,24-25H2,1-5H3/q+1. The van der Waals surface area contributed by atoms with E-state index in [4.69, 9.17) is 30.8 Å².